The number of hydrogen-bond donors (Lipinski definition) is 1. The fourth-order valence-corrected chi connectivity index (χ4v) is 4.93. The Labute approximate surface area is 187 Å². The number of hydrogen-bond acceptors (Lipinski definition) is 3. The van der Waals surface area contributed by atoms with Crippen LogP contribution in [0.2, 0.25) is 5.02 Å². The van der Waals surface area contributed by atoms with E-state index in [0.29, 0.717) is 48.4 Å². The molecule has 4 rings (SSSR count). The maximum Gasteiger partial charge on any atom is 0.255 e. The van der Waals surface area contributed by atoms with Crippen LogP contribution in [0.15, 0.2) is 48.5 Å². The van der Waals surface area contributed by atoms with Crippen LogP contribution in [-0.4, -0.2) is 53.8 Å². The molecule has 2 aliphatic rings. The average molecular weight is 444 g/mol. The lowest BCUT2D eigenvalue weighted by Gasteiger charge is -2.40. The first-order valence-corrected chi connectivity index (χ1v) is 11.2. The summed E-state index contributed by atoms with van der Waals surface area (Å²) in [6.45, 7) is 2.37. The summed E-state index contributed by atoms with van der Waals surface area (Å²) in [7, 11) is 0. The predicted octanol–water partition coefficient (Wildman–Crippen LogP) is 4.43. The molecule has 164 valence electrons. The van der Waals surface area contributed by atoms with Crippen molar-refractivity contribution in [3.05, 3.63) is 64.9 Å². The zero-order valence-electron chi connectivity index (χ0n) is 17.4. The first-order chi connectivity index (χ1) is 15.0. The van der Waals surface area contributed by atoms with Gasteiger partial charge < -0.3 is 10.2 Å². The highest BCUT2D eigenvalue weighted by Gasteiger charge is 2.37. The van der Waals surface area contributed by atoms with Crippen molar-refractivity contribution in [1.29, 1.82) is 0 Å². The second-order valence-corrected chi connectivity index (χ2v) is 8.70. The smallest absolute Gasteiger partial charge is 0.255 e. The Bertz CT molecular complexity index is 923. The van der Waals surface area contributed by atoms with E-state index in [9.17, 15) is 14.0 Å². The average Bonchev–Trinajstić information content (AvgIpc) is 3.30. The Kier molecular flexibility index (Phi) is 6.88. The Balaban J connectivity index is 1.43. The van der Waals surface area contributed by atoms with Crippen LogP contribution in [0.1, 0.15) is 36.0 Å². The van der Waals surface area contributed by atoms with E-state index in [1.807, 2.05) is 12.1 Å². The molecule has 31 heavy (non-hydrogen) atoms. The molecule has 2 amide bonds. The summed E-state index contributed by atoms with van der Waals surface area (Å²) in [4.78, 5) is 30.1. The van der Waals surface area contributed by atoms with Crippen molar-refractivity contribution < 1.29 is 14.0 Å². The fourth-order valence-electron chi connectivity index (χ4n) is 4.71. The van der Waals surface area contributed by atoms with Gasteiger partial charge in [-0.25, -0.2) is 4.39 Å². The number of amides is 2. The quantitative estimate of drug-likeness (QED) is 0.743. The monoisotopic (exact) mass is 443 g/mol. The fraction of sp³-hybridized carbons (Fsp3) is 0.417. The molecule has 0 aromatic heterocycles. The Morgan fingerprint density at radius 2 is 1.61 bits per heavy atom. The highest BCUT2D eigenvalue weighted by atomic mass is 35.5. The van der Waals surface area contributed by atoms with Gasteiger partial charge >= 0.3 is 0 Å². The molecule has 7 heteroatoms. The number of benzene rings is 2. The summed E-state index contributed by atoms with van der Waals surface area (Å²) < 4.78 is 13.2. The van der Waals surface area contributed by atoms with Crippen LogP contribution in [0.5, 0.6) is 0 Å². The summed E-state index contributed by atoms with van der Waals surface area (Å²) in [5.41, 5.74) is 1.11. The van der Waals surface area contributed by atoms with E-state index in [4.69, 9.17) is 11.6 Å². The SMILES string of the molecule is O=C(Nc1ccc(F)cc1)[C@@H](C1CCCC1)N1CCN(C(=O)c2ccccc2Cl)CC1. The molecule has 0 bridgehead atoms. The van der Waals surface area contributed by atoms with Crippen LogP contribution in [0.3, 0.4) is 0 Å². The van der Waals surface area contributed by atoms with Gasteiger partial charge in [-0.1, -0.05) is 36.6 Å². The molecule has 2 aromatic rings. The van der Waals surface area contributed by atoms with E-state index in [0.717, 1.165) is 25.7 Å². The molecule has 1 heterocycles. The maximum atomic E-state index is 13.2. The van der Waals surface area contributed by atoms with Gasteiger partial charge in [-0.05, 0) is 55.2 Å². The second-order valence-electron chi connectivity index (χ2n) is 8.29. The molecule has 2 aromatic carbocycles. The number of nitrogens with one attached hydrogen (secondary N) is 1. The van der Waals surface area contributed by atoms with E-state index in [-0.39, 0.29) is 23.7 Å². The predicted molar refractivity (Wildman–Crippen MR) is 120 cm³/mol. The normalized spacial score (nSPS) is 18.7. The van der Waals surface area contributed by atoms with E-state index < -0.39 is 0 Å². The lowest BCUT2D eigenvalue weighted by atomic mass is 9.94. The summed E-state index contributed by atoms with van der Waals surface area (Å²) in [6.07, 6.45) is 4.33. The molecular formula is C24H27ClFN3O2. The number of nitrogens with zero attached hydrogens (tertiary/aromatic N) is 2. The van der Waals surface area contributed by atoms with Gasteiger partial charge in [0.05, 0.1) is 16.6 Å². The third kappa shape index (κ3) is 5.08. The number of anilines is 1. The molecule has 2 fully saturated rings. The van der Waals surface area contributed by atoms with Crippen molar-refractivity contribution in [2.24, 2.45) is 5.92 Å². The lowest BCUT2D eigenvalue weighted by Crippen LogP contribution is -2.57. The van der Waals surface area contributed by atoms with Crippen LogP contribution in [-0.2, 0) is 4.79 Å². The Hall–Kier alpha value is -2.44. The number of piperazine rings is 1. The molecule has 1 N–H and O–H groups in total. The minimum Gasteiger partial charge on any atom is -0.336 e. The van der Waals surface area contributed by atoms with Crippen molar-refractivity contribution in [2.75, 3.05) is 31.5 Å². The van der Waals surface area contributed by atoms with Crippen molar-refractivity contribution in [2.45, 2.75) is 31.7 Å². The van der Waals surface area contributed by atoms with Gasteiger partial charge in [-0.3, -0.25) is 14.5 Å². The summed E-state index contributed by atoms with van der Waals surface area (Å²) in [5, 5.41) is 3.42. The topological polar surface area (TPSA) is 52.7 Å². The van der Waals surface area contributed by atoms with Crippen LogP contribution in [0, 0.1) is 11.7 Å². The van der Waals surface area contributed by atoms with Crippen molar-refractivity contribution in [1.82, 2.24) is 9.80 Å². The molecule has 1 saturated carbocycles. The molecule has 5 nitrogen and oxygen atoms in total. The van der Waals surface area contributed by atoms with Gasteiger partial charge in [0.1, 0.15) is 5.82 Å². The molecular weight excluding hydrogens is 417 g/mol. The van der Waals surface area contributed by atoms with Gasteiger partial charge in [0.15, 0.2) is 0 Å². The van der Waals surface area contributed by atoms with E-state index in [1.54, 1.807) is 29.2 Å². The first kappa shape index (κ1) is 21.8. The molecule has 0 unspecified atom stereocenters. The summed E-state index contributed by atoms with van der Waals surface area (Å²) >= 11 is 6.20. The Morgan fingerprint density at radius 3 is 2.26 bits per heavy atom. The summed E-state index contributed by atoms with van der Waals surface area (Å²) in [6, 6.07) is 12.7. The third-order valence-electron chi connectivity index (χ3n) is 6.33. The zero-order chi connectivity index (χ0) is 21.8. The van der Waals surface area contributed by atoms with E-state index in [2.05, 4.69) is 10.2 Å². The molecule has 0 spiro atoms. The zero-order valence-corrected chi connectivity index (χ0v) is 18.2. The second kappa shape index (κ2) is 9.79. The largest absolute Gasteiger partial charge is 0.336 e. The van der Waals surface area contributed by atoms with E-state index >= 15 is 0 Å². The highest BCUT2D eigenvalue weighted by molar-refractivity contribution is 6.33. The van der Waals surface area contributed by atoms with Gasteiger partial charge in [-0.15, -0.1) is 0 Å². The van der Waals surface area contributed by atoms with Gasteiger partial charge in [0.25, 0.3) is 5.91 Å². The first-order valence-electron chi connectivity index (χ1n) is 10.9. The third-order valence-corrected chi connectivity index (χ3v) is 6.66. The van der Waals surface area contributed by atoms with Crippen LogP contribution in [0.25, 0.3) is 0 Å². The molecule has 1 atom stereocenters. The lowest BCUT2D eigenvalue weighted by molar-refractivity contribution is -0.123. The summed E-state index contributed by atoms with van der Waals surface area (Å²) in [5.74, 6) is -0.154. The van der Waals surface area contributed by atoms with Crippen LogP contribution < -0.4 is 5.32 Å². The number of carbonyl (C=O) groups excluding carboxylic acids is 2. The van der Waals surface area contributed by atoms with Crippen molar-refractivity contribution in [3.63, 3.8) is 0 Å². The van der Waals surface area contributed by atoms with E-state index in [1.165, 1.54) is 12.1 Å². The molecule has 1 aliphatic heterocycles. The van der Waals surface area contributed by atoms with Crippen LogP contribution in [0.4, 0.5) is 10.1 Å². The minimum absolute atomic E-state index is 0.0515. The molecule has 1 saturated heterocycles. The van der Waals surface area contributed by atoms with Gasteiger partial charge in [0, 0.05) is 31.9 Å². The number of carbonyl (C=O) groups is 2. The van der Waals surface area contributed by atoms with Gasteiger partial charge in [-0.2, -0.15) is 0 Å². The van der Waals surface area contributed by atoms with Crippen molar-refractivity contribution in [3.8, 4) is 0 Å². The highest BCUT2D eigenvalue weighted by Crippen LogP contribution is 2.32. The van der Waals surface area contributed by atoms with Crippen LogP contribution >= 0.6 is 11.6 Å². The van der Waals surface area contributed by atoms with Gasteiger partial charge in [0.2, 0.25) is 5.91 Å². The molecule has 1 aliphatic carbocycles. The minimum atomic E-state index is -0.329. The number of rotatable bonds is 5. The molecule has 0 radical (unpaired) electrons. The number of halogens is 2. The standard InChI is InChI=1S/C24H27ClFN3O2/c25-21-8-4-3-7-20(21)24(31)29-15-13-28(14-16-29)22(17-5-1-2-6-17)23(30)27-19-11-9-18(26)10-12-19/h3-4,7-12,17,22H,1-2,5-6,13-16H2,(H,27,30)/t22-/m1/s1. The maximum absolute atomic E-state index is 13.2. The Morgan fingerprint density at radius 1 is 0.968 bits per heavy atom. The van der Waals surface area contributed by atoms with Crippen molar-refractivity contribution >= 4 is 29.1 Å².